The summed E-state index contributed by atoms with van der Waals surface area (Å²) in [6.07, 6.45) is 0.781. The van der Waals surface area contributed by atoms with E-state index in [-0.39, 0.29) is 5.91 Å². The Bertz CT molecular complexity index is 644. The fourth-order valence-electron chi connectivity index (χ4n) is 2.01. The number of anilines is 1. The topological polar surface area (TPSA) is 41.1 Å². The van der Waals surface area contributed by atoms with E-state index in [4.69, 9.17) is 23.2 Å². The zero-order chi connectivity index (χ0) is 15.2. The first-order chi connectivity index (χ1) is 10.1. The van der Waals surface area contributed by atoms with Crippen molar-refractivity contribution in [2.75, 3.05) is 18.9 Å². The van der Waals surface area contributed by atoms with Crippen LogP contribution in [0.3, 0.4) is 0 Å². The van der Waals surface area contributed by atoms with Gasteiger partial charge in [-0.15, -0.1) is 0 Å². The molecule has 2 N–H and O–H groups in total. The molecule has 0 radical (unpaired) electrons. The lowest BCUT2D eigenvalue weighted by Crippen LogP contribution is -2.17. The molecule has 2 aromatic carbocycles. The highest BCUT2D eigenvalue weighted by Crippen LogP contribution is 2.30. The third-order valence-corrected chi connectivity index (χ3v) is 3.93. The largest absolute Gasteiger partial charge is 0.321 e. The van der Waals surface area contributed by atoms with Crippen LogP contribution in [-0.4, -0.2) is 19.5 Å². The molecule has 1 amide bonds. The molecule has 2 rings (SSSR count). The Hall–Kier alpha value is -1.55. The standard InChI is InChI=1S/C16H16Cl2N2O/c1-19-10-9-11-5-2-3-6-12(11)16(21)20-14-8-4-7-13(17)15(14)18/h2-8,19H,9-10H2,1H3,(H,20,21). The Morgan fingerprint density at radius 2 is 1.86 bits per heavy atom. The smallest absolute Gasteiger partial charge is 0.255 e. The molecule has 0 spiro atoms. The lowest BCUT2D eigenvalue weighted by molar-refractivity contribution is 0.102. The number of hydrogen-bond donors (Lipinski definition) is 2. The summed E-state index contributed by atoms with van der Waals surface area (Å²) < 4.78 is 0. The van der Waals surface area contributed by atoms with Gasteiger partial charge in [-0.3, -0.25) is 4.79 Å². The van der Waals surface area contributed by atoms with Crippen LogP contribution in [0.15, 0.2) is 42.5 Å². The van der Waals surface area contributed by atoms with Crippen LogP contribution in [0, 0.1) is 0 Å². The van der Waals surface area contributed by atoms with E-state index in [1.54, 1.807) is 24.3 Å². The van der Waals surface area contributed by atoms with Crippen LogP contribution in [0.2, 0.25) is 10.0 Å². The van der Waals surface area contributed by atoms with Crippen LogP contribution < -0.4 is 10.6 Å². The Labute approximate surface area is 134 Å². The summed E-state index contributed by atoms with van der Waals surface area (Å²) in [4.78, 5) is 12.4. The van der Waals surface area contributed by atoms with Crippen LogP contribution in [0.5, 0.6) is 0 Å². The molecule has 110 valence electrons. The maximum Gasteiger partial charge on any atom is 0.255 e. The minimum atomic E-state index is -0.189. The van der Waals surface area contributed by atoms with Crippen molar-refractivity contribution in [3.63, 3.8) is 0 Å². The van der Waals surface area contributed by atoms with Gasteiger partial charge in [-0.2, -0.15) is 0 Å². The van der Waals surface area contributed by atoms with Gasteiger partial charge in [0.15, 0.2) is 0 Å². The molecule has 0 unspecified atom stereocenters. The maximum absolute atomic E-state index is 12.4. The van der Waals surface area contributed by atoms with Gasteiger partial charge < -0.3 is 10.6 Å². The summed E-state index contributed by atoms with van der Waals surface area (Å²) in [7, 11) is 1.88. The molecule has 0 aromatic heterocycles. The molecule has 0 saturated carbocycles. The first kappa shape index (κ1) is 15.8. The highest BCUT2D eigenvalue weighted by Gasteiger charge is 2.13. The minimum Gasteiger partial charge on any atom is -0.321 e. The van der Waals surface area contributed by atoms with Crippen molar-refractivity contribution in [2.24, 2.45) is 0 Å². The number of carbonyl (C=O) groups excluding carboxylic acids is 1. The number of amides is 1. The SMILES string of the molecule is CNCCc1ccccc1C(=O)Nc1cccc(Cl)c1Cl. The predicted molar refractivity (Wildman–Crippen MR) is 88.5 cm³/mol. The summed E-state index contributed by atoms with van der Waals surface area (Å²) >= 11 is 12.0. The quantitative estimate of drug-likeness (QED) is 0.873. The summed E-state index contributed by atoms with van der Waals surface area (Å²) in [5, 5.41) is 6.65. The zero-order valence-corrected chi connectivity index (χ0v) is 13.1. The van der Waals surface area contributed by atoms with Gasteiger partial charge in [0, 0.05) is 5.56 Å². The maximum atomic E-state index is 12.4. The van der Waals surface area contributed by atoms with Crippen molar-refractivity contribution in [3.05, 3.63) is 63.6 Å². The van der Waals surface area contributed by atoms with Crippen LogP contribution >= 0.6 is 23.2 Å². The first-order valence-electron chi connectivity index (χ1n) is 6.61. The highest BCUT2D eigenvalue weighted by molar-refractivity contribution is 6.44. The van der Waals surface area contributed by atoms with Gasteiger partial charge in [0.2, 0.25) is 0 Å². The van der Waals surface area contributed by atoms with E-state index >= 15 is 0 Å². The van der Waals surface area contributed by atoms with E-state index in [0.29, 0.717) is 21.3 Å². The lowest BCUT2D eigenvalue weighted by Gasteiger charge is -2.11. The fraction of sp³-hybridized carbons (Fsp3) is 0.188. The molecule has 0 saturated heterocycles. The van der Waals surface area contributed by atoms with Crippen molar-refractivity contribution in [1.82, 2.24) is 5.32 Å². The van der Waals surface area contributed by atoms with E-state index < -0.39 is 0 Å². The molecule has 0 bridgehead atoms. The number of halogens is 2. The molecule has 3 nitrogen and oxygen atoms in total. The molecule has 0 atom stereocenters. The van der Waals surface area contributed by atoms with Crippen LogP contribution in [0.25, 0.3) is 0 Å². The average molecular weight is 323 g/mol. The fourth-order valence-corrected chi connectivity index (χ4v) is 2.36. The minimum absolute atomic E-state index is 0.189. The van der Waals surface area contributed by atoms with Gasteiger partial charge in [-0.1, -0.05) is 47.5 Å². The van der Waals surface area contributed by atoms with E-state index in [1.165, 1.54) is 0 Å². The van der Waals surface area contributed by atoms with Gasteiger partial charge >= 0.3 is 0 Å². The monoisotopic (exact) mass is 322 g/mol. The molecule has 0 aliphatic carbocycles. The number of rotatable bonds is 5. The highest BCUT2D eigenvalue weighted by atomic mass is 35.5. The summed E-state index contributed by atoms with van der Waals surface area (Å²) in [5.74, 6) is -0.189. The number of likely N-dealkylation sites (N-methyl/N-ethyl adjacent to an activating group) is 1. The van der Waals surface area contributed by atoms with Gasteiger partial charge in [0.25, 0.3) is 5.91 Å². The third kappa shape index (κ3) is 3.97. The van der Waals surface area contributed by atoms with Crippen LogP contribution in [0.4, 0.5) is 5.69 Å². The van der Waals surface area contributed by atoms with Crippen molar-refractivity contribution in [1.29, 1.82) is 0 Å². The summed E-state index contributed by atoms with van der Waals surface area (Å²) in [6, 6.07) is 12.7. The van der Waals surface area contributed by atoms with Crippen molar-refractivity contribution >= 4 is 34.8 Å². The van der Waals surface area contributed by atoms with E-state index in [1.807, 2.05) is 25.2 Å². The number of benzene rings is 2. The van der Waals surface area contributed by atoms with Crippen molar-refractivity contribution < 1.29 is 4.79 Å². The van der Waals surface area contributed by atoms with E-state index in [0.717, 1.165) is 18.5 Å². The average Bonchev–Trinajstić information content (AvgIpc) is 2.50. The third-order valence-electron chi connectivity index (χ3n) is 3.11. The van der Waals surface area contributed by atoms with Gasteiger partial charge in [0.1, 0.15) is 0 Å². The normalized spacial score (nSPS) is 10.4. The number of carbonyl (C=O) groups is 1. The number of hydrogen-bond acceptors (Lipinski definition) is 2. The van der Waals surface area contributed by atoms with Gasteiger partial charge in [-0.05, 0) is 43.8 Å². The van der Waals surface area contributed by atoms with E-state index in [9.17, 15) is 4.79 Å². The van der Waals surface area contributed by atoms with Crippen molar-refractivity contribution in [2.45, 2.75) is 6.42 Å². The summed E-state index contributed by atoms with van der Waals surface area (Å²) in [5.41, 5.74) is 2.14. The Balaban J connectivity index is 2.22. The molecule has 0 fully saturated rings. The van der Waals surface area contributed by atoms with Crippen LogP contribution in [0.1, 0.15) is 15.9 Å². The second kappa shape index (κ2) is 7.46. The molecule has 2 aromatic rings. The molecule has 0 heterocycles. The molecule has 0 aliphatic rings. The van der Waals surface area contributed by atoms with Gasteiger partial charge in [0.05, 0.1) is 15.7 Å². The Kier molecular flexibility index (Phi) is 5.62. The second-order valence-electron chi connectivity index (χ2n) is 4.57. The van der Waals surface area contributed by atoms with E-state index in [2.05, 4.69) is 10.6 Å². The molecular formula is C16H16Cl2N2O. The second-order valence-corrected chi connectivity index (χ2v) is 5.35. The molecular weight excluding hydrogens is 307 g/mol. The molecule has 21 heavy (non-hydrogen) atoms. The van der Waals surface area contributed by atoms with Gasteiger partial charge in [-0.25, -0.2) is 0 Å². The lowest BCUT2D eigenvalue weighted by atomic mass is 10.0. The number of nitrogens with one attached hydrogen (secondary N) is 2. The predicted octanol–water partition coefficient (Wildman–Crippen LogP) is 4.01. The zero-order valence-electron chi connectivity index (χ0n) is 11.6. The van der Waals surface area contributed by atoms with Crippen LogP contribution in [-0.2, 0) is 6.42 Å². The molecule has 0 aliphatic heterocycles. The first-order valence-corrected chi connectivity index (χ1v) is 7.37. The van der Waals surface area contributed by atoms with Crippen molar-refractivity contribution in [3.8, 4) is 0 Å². The molecule has 5 heteroatoms. The Morgan fingerprint density at radius 1 is 1.10 bits per heavy atom. The Morgan fingerprint density at radius 3 is 2.62 bits per heavy atom. The summed E-state index contributed by atoms with van der Waals surface area (Å²) in [6.45, 7) is 0.808.